The first kappa shape index (κ1) is 28.6. The molecule has 3 aromatic rings. The van der Waals surface area contributed by atoms with Crippen LogP contribution in [0.25, 0.3) is 0 Å². The first-order valence-corrected chi connectivity index (χ1v) is 13.4. The number of hydrogen-bond acceptors (Lipinski definition) is 5. The molecule has 0 unspecified atom stereocenters. The van der Waals surface area contributed by atoms with Crippen molar-refractivity contribution in [3.8, 4) is 5.75 Å². The largest absolute Gasteiger partial charge is 0.484 e. The first-order valence-electron chi connectivity index (χ1n) is 11.9. The third-order valence-electron chi connectivity index (χ3n) is 5.58. The number of benzene rings is 3. The Morgan fingerprint density at radius 2 is 1.50 bits per heavy atom. The normalized spacial score (nSPS) is 11.9. The summed E-state index contributed by atoms with van der Waals surface area (Å²) in [7, 11) is -3.93. The molecule has 0 aromatic heterocycles. The number of amides is 2. The second kappa shape index (κ2) is 13.0. The molecule has 8 nitrogen and oxygen atoms in total. The highest BCUT2D eigenvalue weighted by atomic mass is 32.2. The minimum absolute atomic E-state index is 0.0559. The maximum atomic E-state index is 13.3. The Kier molecular flexibility index (Phi) is 9.78. The topological polar surface area (TPSA) is 105 Å². The summed E-state index contributed by atoms with van der Waals surface area (Å²) in [4.78, 5) is 26.9. The molecule has 2 N–H and O–H groups in total. The fourth-order valence-corrected chi connectivity index (χ4v) is 4.50. The van der Waals surface area contributed by atoms with E-state index < -0.39 is 40.2 Å². The van der Waals surface area contributed by atoms with Crippen LogP contribution < -0.4 is 14.8 Å². The van der Waals surface area contributed by atoms with E-state index >= 15 is 0 Å². The molecule has 3 rings (SSSR count). The van der Waals surface area contributed by atoms with Crippen molar-refractivity contribution in [3.05, 3.63) is 90.0 Å². The van der Waals surface area contributed by atoms with E-state index in [-0.39, 0.29) is 28.8 Å². The number of nitrogens with zero attached hydrogens (tertiary/aromatic N) is 1. The molecule has 1 atom stereocenters. The average Bonchev–Trinajstić information content (AvgIpc) is 2.91. The Labute approximate surface area is 220 Å². The molecule has 0 bridgehead atoms. The third-order valence-corrected chi connectivity index (χ3v) is 6.97. The smallest absolute Gasteiger partial charge is 0.261 e. The first-order chi connectivity index (χ1) is 18.1. The van der Waals surface area contributed by atoms with Gasteiger partial charge in [0.15, 0.2) is 6.61 Å². The molecule has 0 spiro atoms. The lowest BCUT2D eigenvalue weighted by Gasteiger charge is -2.28. The predicted octanol–water partition coefficient (Wildman–Crippen LogP) is 4.09. The van der Waals surface area contributed by atoms with Gasteiger partial charge in [-0.25, -0.2) is 17.2 Å². The van der Waals surface area contributed by atoms with Gasteiger partial charge in [0, 0.05) is 18.8 Å². The lowest BCUT2D eigenvalue weighted by atomic mass is 10.1. The molecule has 11 heteroatoms. The van der Waals surface area contributed by atoms with Crippen molar-refractivity contribution >= 4 is 27.5 Å². The third kappa shape index (κ3) is 8.01. The second-order valence-electron chi connectivity index (χ2n) is 8.49. The van der Waals surface area contributed by atoms with E-state index in [9.17, 15) is 26.8 Å². The zero-order valence-electron chi connectivity index (χ0n) is 21.0. The fraction of sp³-hybridized carbons (Fsp3) is 0.259. The van der Waals surface area contributed by atoms with Gasteiger partial charge in [-0.05, 0) is 79.6 Å². The Balaban J connectivity index is 1.67. The van der Waals surface area contributed by atoms with Crippen molar-refractivity contribution in [2.24, 2.45) is 0 Å². The molecule has 3 aromatic carbocycles. The van der Waals surface area contributed by atoms with Crippen LogP contribution in [0.4, 0.5) is 14.5 Å². The van der Waals surface area contributed by atoms with E-state index in [1.807, 2.05) is 6.92 Å². The number of halogens is 2. The van der Waals surface area contributed by atoms with E-state index in [0.717, 1.165) is 18.6 Å². The number of rotatable bonds is 12. The summed E-state index contributed by atoms with van der Waals surface area (Å²) in [6.45, 7) is 3.63. The molecule has 0 radical (unpaired) electrons. The zero-order chi connectivity index (χ0) is 27.7. The maximum absolute atomic E-state index is 13.3. The van der Waals surface area contributed by atoms with Crippen LogP contribution in [-0.4, -0.2) is 44.3 Å². The quantitative estimate of drug-likeness (QED) is 0.357. The van der Waals surface area contributed by atoms with Crippen LogP contribution in [0, 0.1) is 11.6 Å². The summed E-state index contributed by atoms with van der Waals surface area (Å²) in [5.74, 6) is -1.48. The standard InChI is InChI=1S/C27H29F2N3O5S/c1-3-16-30-27(34)19(2)32(17-20-4-6-21(28)7-5-20)26(33)18-37-24-12-14-25(15-13-24)38(35,36)31-23-10-8-22(29)9-11-23/h4-15,19,31H,3,16-18H2,1-2H3,(H,30,34)/t19-/m1/s1. The van der Waals surface area contributed by atoms with Gasteiger partial charge in [0.05, 0.1) is 4.90 Å². The predicted molar refractivity (Wildman–Crippen MR) is 139 cm³/mol. The van der Waals surface area contributed by atoms with Crippen molar-refractivity contribution in [1.82, 2.24) is 10.2 Å². The number of carbonyl (C=O) groups is 2. The molecule has 0 aliphatic carbocycles. The highest BCUT2D eigenvalue weighted by Gasteiger charge is 2.26. The van der Waals surface area contributed by atoms with Gasteiger partial charge in [0.1, 0.15) is 23.4 Å². The van der Waals surface area contributed by atoms with Gasteiger partial charge in [-0.3, -0.25) is 14.3 Å². The van der Waals surface area contributed by atoms with Crippen LogP contribution in [0.1, 0.15) is 25.8 Å². The molecule has 0 fully saturated rings. The number of sulfonamides is 1. The lowest BCUT2D eigenvalue weighted by molar-refractivity contribution is -0.142. The molecule has 0 heterocycles. The molecule has 0 saturated carbocycles. The Bertz CT molecular complexity index is 1330. The van der Waals surface area contributed by atoms with Crippen molar-refractivity contribution in [2.45, 2.75) is 37.8 Å². The van der Waals surface area contributed by atoms with Gasteiger partial charge >= 0.3 is 0 Å². The van der Waals surface area contributed by atoms with Crippen LogP contribution >= 0.6 is 0 Å². The van der Waals surface area contributed by atoms with E-state index in [2.05, 4.69) is 10.0 Å². The molecule has 0 aliphatic rings. The lowest BCUT2D eigenvalue weighted by Crippen LogP contribution is -2.49. The molecule has 38 heavy (non-hydrogen) atoms. The summed E-state index contributed by atoms with van der Waals surface area (Å²) in [5.41, 5.74) is 0.841. The van der Waals surface area contributed by atoms with Gasteiger partial charge in [-0.1, -0.05) is 19.1 Å². The minimum atomic E-state index is -3.93. The molecular formula is C27H29F2N3O5S. The van der Waals surface area contributed by atoms with Gasteiger partial charge in [-0.15, -0.1) is 0 Å². The van der Waals surface area contributed by atoms with E-state index in [0.29, 0.717) is 12.1 Å². The van der Waals surface area contributed by atoms with E-state index in [1.54, 1.807) is 6.92 Å². The van der Waals surface area contributed by atoms with E-state index in [4.69, 9.17) is 4.74 Å². The number of nitrogens with one attached hydrogen (secondary N) is 2. The highest BCUT2D eigenvalue weighted by Crippen LogP contribution is 2.20. The Hall–Kier alpha value is -3.99. The van der Waals surface area contributed by atoms with E-state index in [1.165, 1.54) is 65.6 Å². The highest BCUT2D eigenvalue weighted by molar-refractivity contribution is 7.92. The van der Waals surface area contributed by atoms with Crippen LogP contribution in [0.2, 0.25) is 0 Å². The zero-order valence-corrected chi connectivity index (χ0v) is 21.8. The van der Waals surface area contributed by atoms with Crippen molar-refractivity contribution in [2.75, 3.05) is 17.9 Å². The Morgan fingerprint density at radius 1 is 0.921 bits per heavy atom. The van der Waals surface area contributed by atoms with Gasteiger partial charge in [-0.2, -0.15) is 0 Å². The number of hydrogen-bond donors (Lipinski definition) is 2. The van der Waals surface area contributed by atoms with Crippen LogP contribution in [0.3, 0.4) is 0 Å². The monoisotopic (exact) mass is 545 g/mol. The second-order valence-corrected chi connectivity index (χ2v) is 10.2. The summed E-state index contributed by atoms with van der Waals surface area (Å²) in [6.07, 6.45) is 0.735. The van der Waals surface area contributed by atoms with Gasteiger partial charge in [0.25, 0.3) is 15.9 Å². The molecule has 0 saturated heterocycles. The summed E-state index contributed by atoms with van der Waals surface area (Å²) in [6, 6.07) is 15.1. The summed E-state index contributed by atoms with van der Waals surface area (Å²) >= 11 is 0. The summed E-state index contributed by atoms with van der Waals surface area (Å²) in [5, 5.41) is 2.76. The van der Waals surface area contributed by atoms with Crippen LogP contribution in [0.15, 0.2) is 77.7 Å². The summed E-state index contributed by atoms with van der Waals surface area (Å²) < 4.78 is 59.5. The number of anilines is 1. The van der Waals surface area contributed by atoms with Crippen molar-refractivity contribution in [3.63, 3.8) is 0 Å². The number of carbonyl (C=O) groups excluding carboxylic acids is 2. The average molecular weight is 546 g/mol. The molecule has 202 valence electrons. The maximum Gasteiger partial charge on any atom is 0.261 e. The Morgan fingerprint density at radius 3 is 2.08 bits per heavy atom. The van der Waals surface area contributed by atoms with Crippen molar-refractivity contribution < 1.29 is 31.5 Å². The van der Waals surface area contributed by atoms with Gasteiger partial charge in [0.2, 0.25) is 5.91 Å². The fourth-order valence-electron chi connectivity index (χ4n) is 3.44. The van der Waals surface area contributed by atoms with Gasteiger partial charge < -0.3 is 15.0 Å². The molecular weight excluding hydrogens is 516 g/mol. The minimum Gasteiger partial charge on any atom is -0.484 e. The SMILES string of the molecule is CCCNC(=O)[C@@H](C)N(Cc1ccc(F)cc1)C(=O)COc1ccc(S(=O)(=O)Nc2ccc(F)cc2)cc1. The van der Waals surface area contributed by atoms with Crippen LogP contribution in [-0.2, 0) is 26.2 Å². The van der Waals surface area contributed by atoms with Crippen molar-refractivity contribution in [1.29, 1.82) is 0 Å². The number of ether oxygens (including phenoxy) is 1. The molecule has 0 aliphatic heterocycles. The van der Waals surface area contributed by atoms with Crippen LogP contribution in [0.5, 0.6) is 5.75 Å². The molecule has 2 amide bonds.